The fraction of sp³-hybridized carbons (Fsp3) is 0.385. The van der Waals surface area contributed by atoms with Gasteiger partial charge in [0, 0.05) is 12.0 Å². The lowest BCUT2D eigenvalue weighted by Gasteiger charge is -2.28. The van der Waals surface area contributed by atoms with Gasteiger partial charge in [0.15, 0.2) is 16.4 Å². The van der Waals surface area contributed by atoms with Gasteiger partial charge < -0.3 is 0 Å². The molecule has 0 unspecified atom stereocenters. The summed E-state index contributed by atoms with van der Waals surface area (Å²) >= 11 is 6.21. The molecule has 1 fully saturated rings. The summed E-state index contributed by atoms with van der Waals surface area (Å²) in [6.07, 6.45) is 2.56. The number of carbonyl (C=O) groups is 2. The van der Waals surface area contributed by atoms with Gasteiger partial charge in [-0.05, 0) is 12.8 Å². The second kappa shape index (κ2) is 4.38. The first-order valence-corrected chi connectivity index (χ1v) is 5.84. The molecule has 1 aromatic carbocycles. The van der Waals surface area contributed by atoms with Crippen LogP contribution in [0.3, 0.4) is 0 Å². The van der Waals surface area contributed by atoms with Crippen molar-refractivity contribution in [3.05, 3.63) is 35.9 Å². The number of hydrogen-bond acceptors (Lipinski definition) is 2. The van der Waals surface area contributed by atoms with Crippen LogP contribution in [0.25, 0.3) is 0 Å². The fourth-order valence-corrected chi connectivity index (χ4v) is 2.39. The number of Topliss-reactive ketones (excluding diaryl/α,β-unsaturated/α-hetero) is 2. The third-order valence-corrected chi connectivity index (χ3v) is 3.58. The molecular weight excluding hydrogens is 224 g/mol. The molecule has 84 valence electrons. The zero-order valence-corrected chi connectivity index (χ0v) is 9.67. The molecule has 0 radical (unpaired) electrons. The molecule has 0 amide bonds. The number of halogens is 1. The van der Waals surface area contributed by atoms with Gasteiger partial charge in [0.25, 0.3) is 0 Å². The summed E-state index contributed by atoms with van der Waals surface area (Å²) in [5.41, 5.74) is 0.521. The molecule has 0 aliphatic heterocycles. The lowest BCUT2D eigenvalue weighted by molar-refractivity contribution is -0.121. The minimum atomic E-state index is -1.31. The standard InChI is InChI=1S/C13H13ClO2/c14-13(9-5-4-8-11(13)15)12(16)10-6-2-1-3-7-10/h1-3,6-7H,4-5,8-9H2/t13-/m0/s1. The minimum Gasteiger partial charge on any atom is -0.297 e. The van der Waals surface area contributed by atoms with E-state index in [4.69, 9.17) is 11.6 Å². The Morgan fingerprint density at radius 3 is 2.50 bits per heavy atom. The van der Waals surface area contributed by atoms with E-state index in [1.165, 1.54) is 0 Å². The normalized spacial score (nSPS) is 25.4. The van der Waals surface area contributed by atoms with Crippen LogP contribution in [-0.4, -0.2) is 16.4 Å². The number of benzene rings is 1. The number of hydrogen-bond donors (Lipinski definition) is 0. The molecule has 0 heterocycles. The van der Waals surface area contributed by atoms with E-state index in [-0.39, 0.29) is 11.6 Å². The summed E-state index contributed by atoms with van der Waals surface area (Å²) in [5.74, 6) is -0.381. The smallest absolute Gasteiger partial charge is 0.191 e. The van der Waals surface area contributed by atoms with E-state index < -0.39 is 4.87 Å². The van der Waals surface area contributed by atoms with Gasteiger partial charge in [0.1, 0.15) is 0 Å². The highest BCUT2D eigenvalue weighted by atomic mass is 35.5. The number of carbonyl (C=O) groups excluding carboxylic acids is 2. The average molecular weight is 237 g/mol. The van der Waals surface area contributed by atoms with E-state index in [9.17, 15) is 9.59 Å². The van der Waals surface area contributed by atoms with Crippen molar-refractivity contribution < 1.29 is 9.59 Å². The summed E-state index contributed by atoms with van der Waals surface area (Å²) in [6.45, 7) is 0. The summed E-state index contributed by atoms with van der Waals surface area (Å²) < 4.78 is 0. The van der Waals surface area contributed by atoms with E-state index in [1.807, 2.05) is 6.07 Å². The zero-order valence-electron chi connectivity index (χ0n) is 8.91. The summed E-state index contributed by atoms with van der Waals surface area (Å²) in [6, 6.07) is 8.80. The van der Waals surface area contributed by atoms with Crippen LogP contribution in [0.4, 0.5) is 0 Å². The van der Waals surface area contributed by atoms with E-state index >= 15 is 0 Å². The van der Waals surface area contributed by atoms with E-state index in [0.717, 1.165) is 12.8 Å². The first-order valence-electron chi connectivity index (χ1n) is 5.47. The molecule has 0 aromatic heterocycles. The molecule has 0 saturated heterocycles. The highest BCUT2D eigenvalue weighted by Crippen LogP contribution is 2.34. The van der Waals surface area contributed by atoms with E-state index in [0.29, 0.717) is 18.4 Å². The number of alkyl halides is 1. The van der Waals surface area contributed by atoms with Gasteiger partial charge in [-0.15, -0.1) is 11.6 Å². The Labute approximate surface area is 99.6 Å². The third kappa shape index (κ3) is 1.90. The van der Waals surface area contributed by atoms with Crippen LogP contribution >= 0.6 is 11.6 Å². The Bertz CT molecular complexity index is 413. The van der Waals surface area contributed by atoms with Gasteiger partial charge in [-0.3, -0.25) is 9.59 Å². The molecule has 3 heteroatoms. The molecule has 0 bridgehead atoms. The zero-order chi connectivity index (χ0) is 11.6. The Morgan fingerprint density at radius 1 is 1.19 bits per heavy atom. The van der Waals surface area contributed by atoms with Crippen molar-refractivity contribution in [2.45, 2.75) is 30.6 Å². The van der Waals surface area contributed by atoms with Crippen LogP contribution < -0.4 is 0 Å². The van der Waals surface area contributed by atoms with Crippen molar-refractivity contribution in [1.29, 1.82) is 0 Å². The summed E-state index contributed by atoms with van der Waals surface area (Å²) in [5, 5.41) is 0. The van der Waals surface area contributed by atoms with Crippen LogP contribution in [0.1, 0.15) is 36.0 Å². The van der Waals surface area contributed by atoms with Crippen molar-refractivity contribution in [3.8, 4) is 0 Å². The average Bonchev–Trinajstić information content (AvgIpc) is 2.33. The van der Waals surface area contributed by atoms with Crippen molar-refractivity contribution in [1.82, 2.24) is 0 Å². The Balaban J connectivity index is 2.30. The van der Waals surface area contributed by atoms with E-state index in [1.54, 1.807) is 24.3 Å². The molecule has 1 saturated carbocycles. The molecule has 2 nitrogen and oxygen atoms in total. The van der Waals surface area contributed by atoms with Gasteiger partial charge in [0.2, 0.25) is 0 Å². The predicted molar refractivity (Wildman–Crippen MR) is 62.8 cm³/mol. The van der Waals surface area contributed by atoms with Crippen molar-refractivity contribution in [2.75, 3.05) is 0 Å². The van der Waals surface area contributed by atoms with Crippen LogP contribution in [0, 0.1) is 0 Å². The lowest BCUT2D eigenvalue weighted by atomic mass is 9.82. The van der Waals surface area contributed by atoms with Gasteiger partial charge in [0.05, 0.1) is 0 Å². The Hall–Kier alpha value is -1.15. The first-order chi connectivity index (χ1) is 7.64. The topological polar surface area (TPSA) is 34.1 Å². The van der Waals surface area contributed by atoms with E-state index in [2.05, 4.69) is 0 Å². The van der Waals surface area contributed by atoms with Crippen LogP contribution in [0.2, 0.25) is 0 Å². The molecule has 1 aromatic rings. The number of ketones is 2. The maximum absolute atomic E-state index is 12.2. The third-order valence-electron chi connectivity index (χ3n) is 3.01. The maximum atomic E-state index is 12.2. The molecule has 1 atom stereocenters. The largest absolute Gasteiger partial charge is 0.297 e. The SMILES string of the molecule is O=C1CCCC[C@@]1(Cl)C(=O)c1ccccc1. The maximum Gasteiger partial charge on any atom is 0.191 e. The van der Waals surface area contributed by atoms with Crippen LogP contribution in [0.5, 0.6) is 0 Å². The number of rotatable bonds is 2. The molecular formula is C13H13ClO2. The molecule has 2 rings (SSSR count). The van der Waals surface area contributed by atoms with Crippen LogP contribution in [-0.2, 0) is 4.79 Å². The molecule has 1 aliphatic carbocycles. The van der Waals surface area contributed by atoms with Gasteiger partial charge in [-0.1, -0.05) is 36.8 Å². The Morgan fingerprint density at radius 2 is 1.88 bits per heavy atom. The lowest BCUT2D eigenvalue weighted by Crippen LogP contribution is -2.43. The highest BCUT2D eigenvalue weighted by Gasteiger charge is 2.44. The first kappa shape index (κ1) is 11.3. The van der Waals surface area contributed by atoms with Crippen molar-refractivity contribution in [2.24, 2.45) is 0 Å². The van der Waals surface area contributed by atoms with Gasteiger partial charge >= 0.3 is 0 Å². The van der Waals surface area contributed by atoms with Crippen molar-refractivity contribution in [3.63, 3.8) is 0 Å². The molecule has 0 spiro atoms. The monoisotopic (exact) mass is 236 g/mol. The molecule has 16 heavy (non-hydrogen) atoms. The fourth-order valence-electron chi connectivity index (χ4n) is 2.05. The second-order valence-electron chi connectivity index (χ2n) is 4.13. The minimum absolute atomic E-state index is 0.130. The quantitative estimate of drug-likeness (QED) is 0.449. The van der Waals surface area contributed by atoms with Crippen LogP contribution in [0.15, 0.2) is 30.3 Å². The second-order valence-corrected chi connectivity index (χ2v) is 4.77. The summed E-state index contributed by atoms with van der Waals surface area (Å²) in [7, 11) is 0. The van der Waals surface area contributed by atoms with Crippen molar-refractivity contribution >= 4 is 23.2 Å². The Kier molecular flexibility index (Phi) is 3.10. The molecule has 0 N–H and O–H groups in total. The molecule has 1 aliphatic rings. The summed E-state index contributed by atoms with van der Waals surface area (Å²) in [4.78, 5) is 22.7. The highest BCUT2D eigenvalue weighted by molar-refractivity contribution is 6.49. The van der Waals surface area contributed by atoms with Gasteiger partial charge in [-0.2, -0.15) is 0 Å². The predicted octanol–water partition coefficient (Wildman–Crippen LogP) is 2.99. The van der Waals surface area contributed by atoms with Gasteiger partial charge in [-0.25, -0.2) is 0 Å².